The Morgan fingerprint density at radius 3 is 2.46 bits per heavy atom. The van der Waals surface area contributed by atoms with Crippen LogP contribution in [0.2, 0.25) is 5.02 Å². The number of rotatable bonds is 8. The van der Waals surface area contributed by atoms with Crippen LogP contribution in [0.4, 0.5) is 0 Å². The van der Waals surface area contributed by atoms with Crippen LogP contribution in [0.15, 0.2) is 54.6 Å². The molecule has 2 aromatic carbocycles. The first-order valence-electron chi connectivity index (χ1n) is 9.09. The molecule has 0 aliphatic rings. The Bertz CT molecular complexity index is 834. The van der Waals surface area contributed by atoms with Crippen molar-refractivity contribution in [2.75, 3.05) is 13.7 Å². The lowest BCUT2D eigenvalue weighted by Crippen LogP contribution is -2.46. The molecule has 1 unspecified atom stereocenters. The van der Waals surface area contributed by atoms with Crippen LogP contribution in [0.25, 0.3) is 6.08 Å². The van der Waals surface area contributed by atoms with Gasteiger partial charge in [0, 0.05) is 24.2 Å². The van der Waals surface area contributed by atoms with Crippen LogP contribution < -0.4 is 10.1 Å². The highest BCUT2D eigenvalue weighted by molar-refractivity contribution is 6.31. The highest BCUT2D eigenvalue weighted by Gasteiger charge is 2.21. The first kappa shape index (κ1) is 21.5. The standard InChI is InChI=1S/C22H25ClN2O3/c1-4-25(15-18-7-5-6-8-20(18)23)22(27)16(2)24-21(26)14-11-17-9-12-19(28-3)13-10-17/h5-14,16H,4,15H2,1-3H3,(H,24,26)/b14-11+. The third-order valence-electron chi connectivity index (χ3n) is 4.28. The number of amides is 2. The molecule has 0 saturated heterocycles. The minimum Gasteiger partial charge on any atom is -0.497 e. The summed E-state index contributed by atoms with van der Waals surface area (Å²) >= 11 is 6.19. The van der Waals surface area contributed by atoms with Gasteiger partial charge < -0.3 is 15.0 Å². The minimum atomic E-state index is -0.643. The fraction of sp³-hybridized carbons (Fsp3) is 0.273. The Labute approximate surface area is 170 Å². The third kappa shape index (κ3) is 6.13. The van der Waals surface area contributed by atoms with E-state index in [1.807, 2.05) is 49.4 Å². The molecule has 6 heteroatoms. The third-order valence-corrected chi connectivity index (χ3v) is 4.65. The second-order valence-corrected chi connectivity index (χ2v) is 6.69. The van der Waals surface area contributed by atoms with Crippen LogP contribution in [0.5, 0.6) is 5.75 Å². The van der Waals surface area contributed by atoms with Gasteiger partial charge in [0.1, 0.15) is 11.8 Å². The zero-order valence-corrected chi connectivity index (χ0v) is 17.1. The highest BCUT2D eigenvalue weighted by Crippen LogP contribution is 2.17. The summed E-state index contributed by atoms with van der Waals surface area (Å²) in [5.41, 5.74) is 1.74. The normalized spacial score (nSPS) is 11.9. The van der Waals surface area contributed by atoms with Crippen LogP contribution >= 0.6 is 11.6 Å². The van der Waals surface area contributed by atoms with E-state index in [-0.39, 0.29) is 11.8 Å². The molecule has 28 heavy (non-hydrogen) atoms. The van der Waals surface area contributed by atoms with Crippen molar-refractivity contribution >= 4 is 29.5 Å². The van der Waals surface area contributed by atoms with Gasteiger partial charge in [-0.05, 0) is 49.2 Å². The number of halogens is 1. The van der Waals surface area contributed by atoms with Gasteiger partial charge in [0.2, 0.25) is 11.8 Å². The lowest BCUT2D eigenvalue weighted by Gasteiger charge is -2.25. The van der Waals surface area contributed by atoms with E-state index >= 15 is 0 Å². The monoisotopic (exact) mass is 400 g/mol. The molecule has 1 N–H and O–H groups in total. The van der Waals surface area contributed by atoms with Gasteiger partial charge in [-0.2, -0.15) is 0 Å². The summed E-state index contributed by atoms with van der Waals surface area (Å²) in [6.07, 6.45) is 3.10. The van der Waals surface area contributed by atoms with E-state index in [0.717, 1.165) is 16.9 Å². The molecule has 2 amide bonds. The number of methoxy groups -OCH3 is 1. The number of carbonyl (C=O) groups excluding carboxylic acids is 2. The van der Waals surface area contributed by atoms with Gasteiger partial charge in [-0.3, -0.25) is 9.59 Å². The van der Waals surface area contributed by atoms with E-state index in [2.05, 4.69) is 5.32 Å². The number of hydrogen-bond acceptors (Lipinski definition) is 3. The van der Waals surface area contributed by atoms with Gasteiger partial charge in [0.05, 0.1) is 7.11 Å². The maximum atomic E-state index is 12.7. The lowest BCUT2D eigenvalue weighted by molar-refractivity contribution is -0.135. The number of nitrogens with one attached hydrogen (secondary N) is 1. The average molecular weight is 401 g/mol. The quantitative estimate of drug-likeness (QED) is 0.683. The van der Waals surface area contributed by atoms with Crippen molar-refractivity contribution in [2.24, 2.45) is 0 Å². The van der Waals surface area contributed by atoms with Crippen molar-refractivity contribution in [2.45, 2.75) is 26.4 Å². The smallest absolute Gasteiger partial charge is 0.245 e. The molecule has 0 aromatic heterocycles. The van der Waals surface area contributed by atoms with E-state index in [1.165, 1.54) is 6.08 Å². The summed E-state index contributed by atoms with van der Waals surface area (Å²) < 4.78 is 5.10. The topological polar surface area (TPSA) is 58.6 Å². The van der Waals surface area contributed by atoms with E-state index in [4.69, 9.17) is 16.3 Å². The predicted octanol–water partition coefficient (Wildman–Crippen LogP) is 3.92. The Morgan fingerprint density at radius 2 is 1.86 bits per heavy atom. The van der Waals surface area contributed by atoms with Gasteiger partial charge in [0.15, 0.2) is 0 Å². The summed E-state index contributed by atoms with van der Waals surface area (Å²) in [7, 11) is 1.60. The van der Waals surface area contributed by atoms with Crippen molar-refractivity contribution in [3.05, 3.63) is 70.8 Å². The average Bonchev–Trinajstić information content (AvgIpc) is 2.71. The van der Waals surface area contributed by atoms with E-state index in [0.29, 0.717) is 18.1 Å². The first-order valence-corrected chi connectivity index (χ1v) is 9.47. The summed E-state index contributed by atoms with van der Waals surface area (Å²) in [5.74, 6) is 0.262. The van der Waals surface area contributed by atoms with Gasteiger partial charge in [-0.1, -0.05) is 41.9 Å². The molecule has 0 aliphatic heterocycles. The Balaban J connectivity index is 1.94. The van der Waals surface area contributed by atoms with Gasteiger partial charge in [-0.15, -0.1) is 0 Å². The molecule has 2 aromatic rings. The lowest BCUT2D eigenvalue weighted by atomic mass is 10.2. The Morgan fingerprint density at radius 1 is 1.18 bits per heavy atom. The van der Waals surface area contributed by atoms with E-state index in [1.54, 1.807) is 31.1 Å². The van der Waals surface area contributed by atoms with Crippen molar-refractivity contribution in [1.82, 2.24) is 10.2 Å². The number of benzene rings is 2. The summed E-state index contributed by atoms with van der Waals surface area (Å²) in [6.45, 7) is 4.49. The molecule has 0 fully saturated rings. The maximum Gasteiger partial charge on any atom is 0.245 e. The second kappa shape index (κ2) is 10.5. The molecule has 0 aliphatic carbocycles. The Kier molecular flexibility index (Phi) is 8.08. The van der Waals surface area contributed by atoms with Crippen molar-refractivity contribution in [3.8, 4) is 5.75 Å². The molecule has 5 nitrogen and oxygen atoms in total. The molecular weight excluding hydrogens is 376 g/mol. The van der Waals surface area contributed by atoms with Crippen LogP contribution in [-0.2, 0) is 16.1 Å². The molecular formula is C22H25ClN2O3. The number of nitrogens with zero attached hydrogens (tertiary/aromatic N) is 1. The highest BCUT2D eigenvalue weighted by atomic mass is 35.5. The van der Waals surface area contributed by atoms with E-state index in [9.17, 15) is 9.59 Å². The second-order valence-electron chi connectivity index (χ2n) is 6.28. The predicted molar refractivity (Wildman–Crippen MR) is 112 cm³/mol. The van der Waals surface area contributed by atoms with Crippen LogP contribution in [0.3, 0.4) is 0 Å². The van der Waals surface area contributed by atoms with Crippen molar-refractivity contribution in [1.29, 1.82) is 0 Å². The van der Waals surface area contributed by atoms with Gasteiger partial charge in [0.25, 0.3) is 0 Å². The molecule has 0 heterocycles. The SMILES string of the molecule is CCN(Cc1ccccc1Cl)C(=O)C(C)NC(=O)/C=C/c1ccc(OC)cc1. The number of likely N-dealkylation sites (N-methyl/N-ethyl adjacent to an activating group) is 1. The Hall–Kier alpha value is -2.79. The van der Waals surface area contributed by atoms with Crippen molar-refractivity contribution in [3.63, 3.8) is 0 Å². The largest absolute Gasteiger partial charge is 0.497 e. The van der Waals surface area contributed by atoms with Gasteiger partial charge in [-0.25, -0.2) is 0 Å². The zero-order valence-electron chi connectivity index (χ0n) is 16.3. The number of ether oxygens (including phenoxy) is 1. The summed E-state index contributed by atoms with van der Waals surface area (Å²) in [4.78, 5) is 26.5. The van der Waals surface area contributed by atoms with Gasteiger partial charge >= 0.3 is 0 Å². The molecule has 148 valence electrons. The van der Waals surface area contributed by atoms with Crippen LogP contribution in [0, 0.1) is 0 Å². The molecule has 0 radical (unpaired) electrons. The summed E-state index contributed by atoms with van der Waals surface area (Å²) in [6, 6.07) is 14.1. The molecule has 0 bridgehead atoms. The van der Waals surface area contributed by atoms with E-state index < -0.39 is 6.04 Å². The molecule has 2 rings (SSSR count). The fourth-order valence-corrected chi connectivity index (χ4v) is 2.86. The fourth-order valence-electron chi connectivity index (χ4n) is 2.66. The summed E-state index contributed by atoms with van der Waals surface area (Å²) in [5, 5.41) is 3.33. The molecule has 0 spiro atoms. The van der Waals surface area contributed by atoms with Crippen molar-refractivity contribution < 1.29 is 14.3 Å². The van der Waals surface area contributed by atoms with Crippen LogP contribution in [0.1, 0.15) is 25.0 Å². The zero-order chi connectivity index (χ0) is 20.5. The van der Waals surface area contributed by atoms with Crippen LogP contribution in [-0.4, -0.2) is 36.4 Å². The number of hydrogen-bond donors (Lipinski definition) is 1. The molecule has 0 saturated carbocycles. The first-order chi connectivity index (χ1) is 13.4. The number of carbonyl (C=O) groups is 2. The maximum absolute atomic E-state index is 12.7. The minimum absolute atomic E-state index is 0.159. The molecule has 1 atom stereocenters.